The van der Waals surface area contributed by atoms with Gasteiger partial charge in [0, 0.05) is 5.56 Å². The average Bonchev–Trinajstić information content (AvgIpc) is 3.49. The number of rotatable bonds is 5. The summed E-state index contributed by atoms with van der Waals surface area (Å²) in [5.74, 6) is -0.726. The summed E-state index contributed by atoms with van der Waals surface area (Å²) >= 11 is 0. The summed E-state index contributed by atoms with van der Waals surface area (Å²) in [4.78, 5) is 13.0. The Morgan fingerprint density at radius 2 is 1.82 bits per heavy atom. The van der Waals surface area contributed by atoms with Crippen molar-refractivity contribution in [2.24, 2.45) is 0 Å². The van der Waals surface area contributed by atoms with Gasteiger partial charge in [0.05, 0.1) is 41.1 Å². The summed E-state index contributed by atoms with van der Waals surface area (Å²) in [7, 11) is 0. The van der Waals surface area contributed by atoms with E-state index in [9.17, 15) is 9.50 Å². The molecule has 0 saturated heterocycles. The number of nitrogen functional groups attached to an aromatic ring is 1. The number of nitrogens with two attached hydrogens (primary N) is 1. The third kappa shape index (κ3) is 4.09. The second-order valence-electron chi connectivity index (χ2n) is 8.33. The fourth-order valence-electron chi connectivity index (χ4n) is 4.25. The van der Waals surface area contributed by atoms with Gasteiger partial charge in [0.2, 0.25) is 5.95 Å². The quantitative estimate of drug-likeness (QED) is 0.467. The van der Waals surface area contributed by atoms with Gasteiger partial charge in [0.25, 0.3) is 0 Å². The van der Waals surface area contributed by atoms with E-state index in [1.807, 2.05) is 24.3 Å². The molecule has 5 rings (SSSR count). The van der Waals surface area contributed by atoms with Crippen molar-refractivity contribution in [3.8, 4) is 28.7 Å². The molecule has 9 nitrogen and oxygen atoms in total. The monoisotopic (exact) mass is 456 g/mol. The second-order valence-corrected chi connectivity index (χ2v) is 8.33. The summed E-state index contributed by atoms with van der Waals surface area (Å²) in [6, 6.07) is 13.5. The van der Waals surface area contributed by atoms with Gasteiger partial charge in [-0.2, -0.15) is 5.26 Å². The largest absolute Gasteiger partial charge is 0.384 e. The number of aliphatic hydroxyl groups is 1. The van der Waals surface area contributed by atoms with Crippen molar-refractivity contribution in [1.82, 2.24) is 29.9 Å². The highest BCUT2D eigenvalue weighted by atomic mass is 19.1. The number of nitriles is 1. The summed E-state index contributed by atoms with van der Waals surface area (Å²) in [5, 5.41) is 28.3. The van der Waals surface area contributed by atoms with Crippen molar-refractivity contribution in [3.63, 3.8) is 0 Å². The molecule has 3 aromatic heterocycles. The standard InChI is InChI=1S/C24H21FN8O/c25-22-15(12-26)5-3-7-17(22)18-11-19(30-23(27)29-18)20-14-33(32-31-20)13-16-6-4-8-21(28-16)24(34)9-1-2-10-24/h3-8,11,14,34H,1-2,9-10,13H2,(H2,27,29,30). The molecule has 0 aliphatic heterocycles. The maximum Gasteiger partial charge on any atom is 0.221 e. The highest BCUT2D eigenvalue weighted by molar-refractivity contribution is 5.68. The predicted molar refractivity (Wildman–Crippen MR) is 121 cm³/mol. The highest BCUT2D eigenvalue weighted by Crippen LogP contribution is 2.37. The number of pyridine rings is 1. The van der Waals surface area contributed by atoms with Crippen LogP contribution >= 0.6 is 0 Å². The normalized spacial score (nSPS) is 14.7. The van der Waals surface area contributed by atoms with E-state index in [2.05, 4.69) is 25.3 Å². The van der Waals surface area contributed by atoms with E-state index in [1.165, 1.54) is 12.1 Å². The molecule has 10 heteroatoms. The zero-order valence-corrected chi connectivity index (χ0v) is 18.2. The molecule has 0 atom stereocenters. The lowest BCUT2D eigenvalue weighted by Crippen LogP contribution is -2.23. The summed E-state index contributed by atoms with van der Waals surface area (Å²) in [6.45, 7) is 0.350. The Labute approximate surface area is 194 Å². The zero-order valence-electron chi connectivity index (χ0n) is 18.2. The second kappa shape index (κ2) is 8.61. The fraction of sp³-hybridized carbons (Fsp3) is 0.250. The average molecular weight is 456 g/mol. The molecule has 0 bridgehead atoms. The minimum atomic E-state index is -0.865. The van der Waals surface area contributed by atoms with Gasteiger partial charge in [-0.1, -0.05) is 30.2 Å². The van der Waals surface area contributed by atoms with Crippen molar-refractivity contribution in [3.05, 3.63) is 71.4 Å². The van der Waals surface area contributed by atoms with E-state index < -0.39 is 11.4 Å². The van der Waals surface area contributed by atoms with Crippen molar-refractivity contribution < 1.29 is 9.50 Å². The van der Waals surface area contributed by atoms with Crippen molar-refractivity contribution in [2.75, 3.05) is 5.73 Å². The van der Waals surface area contributed by atoms with Crippen LogP contribution in [-0.4, -0.2) is 35.1 Å². The van der Waals surface area contributed by atoms with Crippen LogP contribution in [0.15, 0.2) is 48.7 Å². The Morgan fingerprint density at radius 3 is 2.62 bits per heavy atom. The van der Waals surface area contributed by atoms with E-state index in [-0.39, 0.29) is 22.8 Å². The van der Waals surface area contributed by atoms with Gasteiger partial charge >= 0.3 is 0 Å². The molecule has 1 aliphatic rings. The minimum Gasteiger partial charge on any atom is -0.384 e. The Morgan fingerprint density at radius 1 is 1.06 bits per heavy atom. The van der Waals surface area contributed by atoms with E-state index in [0.717, 1.165) is 18.5 Å². The maximum atomic E-state index is 14.7. The third-order valence-corrected chi connectivity index (χ3v) is 5.98. The smallest absolute Gasteiger partial charge is 0.221 e. The maximum absolute atomic E-state index is 14.7. The van der Waals surface area contributed by atoms with Gasteiger partial charge in [-0.15, -0.1) is 5.10 Å². The molecule has 0 unspecified atom stereocenters. The Kier molecular flexibility index (Phi) is 5.47. The van der Waals surface area contributed by atoms with E-state index in [4.69, 9.17) is 11.0 Å². The number of aromatic nitrogens is 6. The molecule has 170 valence electrons. The molecule has 1 saturated carbocycles. The van der Waals surface area contributed by atoms with Crippen molar-refractivity contribution in [2.45, 2.75) is 37.8 Å². The van der Waals surface area contributed by atoms with Gasteiger partial charge in [-0.05, 0) is 43.2 Å². The zero-order chi connectivity index (χ0) is 23.7. The number of hydrogen-bond donors (Lipinski definition) is 2. The summed E-state index contributed by atoms with van der Waals surface area (Å²) in [5.41, 5.74) is 7.54. The van der Waals surface area contributed by atoms with Crippen LogP contribution in [0.25, 0.3) is 22.6 Å². The van der Waals surface area contributed by atoms with Crippen LogP contribution in [-0.2, 0) is 12.1 Å². The van der Waals surface area contributed by atoms with Gasteiger partial charge in [-0.25, -0.2) is 19.0 Å². The molecule has 3 heterocycles. The Balaban J connectivity index is 1.42. The predicted octanol–water partition coefficient (Wildman–Crippen LogP) is 3.20. The van der Waals surface area contributed by atoms with E-state index in [1.54, 1.807) is 23.0 Å². The van der Waals surface area contributed by atoms with Gasteiger partial charge in [0.15, 0.2) is 0 Å². The fourth-order valence-corrected chi connectivity index (χ4v) is 4.25. The van der Waals surface area contributed by atoms with Crippen LogP contribution in [0, 0.1) is 17.1 Å². The SMILES string of the molecule is N#Cc1cccc(-c2cc(-c3cn(Cc4cccc(C5(O)CCCC5)n4)nn3)nc(N)n2)c1F. The lowest BCUT2D eigenvalue weighted by Gasteiger charge is -2.21. The van der Waals surface area contributed by atoms with Crippen LogP contribution in [0.5, 0.6) is 0 Å². The molecule has 34 heavy (non-hydrogen) atoms. The van der Waals surface area contributed by atoms with Crippen molar-refractivity contribution in [1.29, 1.82) is 5.26 Å². The lowest BCUT2D eigenvalue weighted by atomic mass is 9.97. The molecule has 4 aromatic rings. The van der Waals surface area contributed by atoms with Crippen LogP contribution < -0.4 is 5.73 Å². The summed E-state index contributed by atoms with van der Waals surface area (Å²) < 4.78 is 16.3. The van der Waals surface area contributed by atoms with Crippen molar-refractivity contribution >= 4 is 5.95 Å². The first-order valence-electron chi connectivity index (χ1n) is 10.9. The van der Waals surface area contributed by atoms with Crippen LogP contribution in [0.1, 0.15) is 42.6 Å². The third-order valence-electron chi connectivity index (χ3n) is 5.98. The van der Waals surface area contributed by atoms with Gasteiger partial charge < -0.3 is 10.8 Å². The Hall–Kier alpha value is -4.23. The molecule has 0 amide bonds. The van der Waals surface area contributed by atoms with E-state index in [0.29, 0.717) is 36.5 Å². The lowest BCUT2D eigenvalue weighted by molar-refractivity contribution is 0.0397. The molecule has 1 aromatic carbocycles. The first-order chi connectivity index (χ1) is 16.4. The van der Waals surface area contributed by atoms with Gasteiger partial charge in [-0.3, -0.25) is 4.98 Å². The molecular formula is C24H21FN8O. The first-order valence-corrected chi connectivity index (χ1v) is 10.9. The van der Waals surface area contributed by atoms with Crippen LogP contribution in [0.2, 0.25) is 0 Å². The van der Waals surface area contributed by atoms with E-state index >= 15 is 0 Å². The Bertz CT molecular complexity index is 1400. The highest BCUT2D eigenvalue weighted by Gasteiger charge is 2.34. The number of nitrogens with zero attached hydrogens (tertiary/aromatic N) is 7. The van der Waals surface area contributed by atoms with Gasteiger partial charge in [0.1, 0.15) is 23.2 Å². The van der Waals surface area contributed by atoms with Crippen LogP contribution in [0.3, 0.4) is 0 Å². The molecule has 1 fully saturated rings. The summed E-state index contributed by atoms with van der Waals surface area (Å²) in [6.07, 6.45) is 5.10. The van der Waals surface area contributed by atoms with Crippen LogP contribution in [0.4, 0.5) is 10.3 Å². The first kappa shape index (κ1) is 21.6. The number of benzene rings is 1. The number of anilines is 1. The number of halogens is 1. The minimum absolute atomic E-state index is 0.0528. The molecule has 3 N–H and O–H groups in total. The molecular weight excluding hydrogens is 435 g/mol. The topological polar surface area (TPSA) is 139 Å². The molecule has 0 radical (unpaired) electrons. The molecule has 1 aliphatic carbocycles. The molecule has 0 spiro atoms. The number of hydrogen-bond acceptors (Lipinski definition) is 8.